The summed E-state index contributed by atoms with van der Waals surface area (Å²) in [5.41, 5.74) is 0. The van der Waals surface area contributed by atoms with Gasteiger partial charge in [-0.3, -0.25) is 0 Å². The average molecular weight is 261 g/mol. The molecule has 0 amide bonds. The number of hydrogen-bond acceptors (Lipinski definition) is 3. The SMILES string of the molecule is CN1CCN(S(=O)(=O)NCC(F)(F)F)CC1. The summed E-state index contributed by atoms with van der Waals surface area (Å²) in [4.78, 5) is 1.91. The second-order valence-corrected chi connectivity index (χ2v) is 5.40. The first-order chi connectivity index (χ1) is 7.21. The molecule has 1 N–H and O–H groups in total. The number of piperazine rings is 1. The summed E-state index contributed by atoms with van der Waals surface area (Å²) in [5, 5.41) is 0. The van der Waals surface area contributed by atoms with Crippen molar-refractivity contribution in [2.75, 3.05) is 39.8 Å². The average Bonchev–Trinajstić information content (AvgIpc) is 2.15. The van der Waals surface area contributed by atoms with Crippen LogP contribution in [0.2, 0.25) is 0 Å². The zero-order valence-corrected chi connectivity index (χ0v) is 9.61. The first kappa shape index (κ1) is 13.7. The first-order valence-corrected chi connectivity index (χ1v) is 6.15. The summed E-state index contributed by atoms with van der Waals surface area (Å²) in [6.45, 7) is -0.0606. The molecule has 0 atom stereocenters. The molecular weight excluding hydrogens is 247 g/mol. The first-order valence-electron chi connectivity index (χ1n) is 4.71. The highest BCUT2D eigenvalue weighted by molar-refractivity contribution is 7.87. The maximum Gasteiger partial charge on any atom is 0.402 e. The Bertz CT molecular complexity index is 322. The molecule has 1 saturated heterocycles. The Kier molecular flexibility index (Phi) is 4.16. The molecule has 0 spiro atoms. The zero-order valence-electron chi connectivity index (χ0n) is 8.79. The zero-order chi connectivity index (χ0) is 12.4. The van der Waals surface area contributed by atoms with Crippen molar-refractivity contribution in [3.63, 3.8) is 0 Å². The molecule has 0 aromatic heterocycles. The third-order valence-corrected chi connectivity index (χ3v) is 3.81. The molecule has 0 aliphatic carbocycles. The highest BCUT2D eigenvalue weighted by atomic mass is 32.2. The lowest BCUT2D eigenvalue weighted by Crippen LogP contribution is -2.52. The van der Waals surface area contributed by atoms with E-state index in [0.717, 1.165) is 4.31 Å². The summed E-state index contributed by atoms with van der Waals surface area (Å²) in [6, 6.07) is 0. The Labute approximate surface area is 92.4 Å². The molecule has 96 valence electrons. The van der Waals surface area contributed by atoms with E-state index in [1.807, 2.05) is 11.9 Å². The van der Waals surface area contributed by atoms with E-state index in [2.05, 4.69) is 0 Å². The van der Waals surface area contributed by atoms with E-state index in [1.54, 1.807) is 0 Å². The minimum atomic E-state index is -4.53. The maximum atomic E-state index is 11.9. The Morgan fingerprint density at radius 2 is 1.69 bits per heavy atom. The van der Waals surface area contributed by atoms with Crippen LogP contribution in [-0.2, 0) is 10.2 Å². The quantitative estimate of drug-likeness (QED) is 0.754. The number of hydrogen-bond donors (Lipinski definition) is 1. The molecule has 1 fully saturated rings. The third-order valence-electron chi connectivity index (χ3n) is 2.26. The van der Waals surface area contributed by atoms with E-state index in [0.29, 0.717) is 13.1 Å². The third kappa shape index (κ3) is 4.24. The maximum absolute atomic E-state index is 11.9. The fourth-order valence-electron chi connectivity index (χ4n) is 1.29. The fourth-order valence-corrected chi connectivity index (χ4v) is 2.47. The molecule has 1 aliphatic rings. The van der Waals surface area contributed by atoms with E-state index in [1.165, 1.54) is 4.72 Å². The number of halogens is 3. The summed E-state index contributed by atoms with van der Waals surface area (Å²) >= 11 is 0. The number of rotatable bonds is 3. The van der Waals surface area contributed by atoms with E-state index in [4.69, 9.17) is 0 Å². The van der Waals surface area contributed by atoms with Crippen LogP contribution in [0.15, 0.2) is 0 Å². The predicted molar refractivity (Wildman–Crippen MR) is 52.0 cm³/mol. The molecule has 0 bridgehead atoms. The monoisotopic (exact) mass is 261 g/mol. The van der Waals surface area contributed by atoms with Crippen LogP contribution in [0, 0.1) is 0 Å². The molecule has 9 heteroatoms. The predicted octanol–water partition coefficient (Wildman–Crippen LogP) is -0.370. The van der Waals surface area contributed by atoms with Gasteiger partial charge in [0.05, 0.1) is 0 Å². The van der Waals surface area contributed by atoms with E-state index in [9.17, 15) is 21.6 Å². The fraction of sp³-hybridized carbons (Fsp3) is 1.00. The smallest absolute Gasteiger partial charge is 0.304 e. The molecule has 5 nitrogen and oxygen atoms in total. The molecule has 0 aromatic carbocycles. The van der Waals surface area contributed by atoms with Gasteiger partial charge in [0.1, 0.15) is 6.54 Å². The number of alkyl halides is 3. The van der Waals surface area contributed by atoms with Gasteiger partial charge in [-0.15, -0.1) is 0 Å². The second kappa shape index (κ2) is 4.86. The molecule has 0 unspecified atom stereocenters. The Morgan fingerprint density at radius 1 is 1.19 bits per heavy atom. The lowest BCUT2D eigenvalue weighted by molar-refractivity contribution is -0.121. The van der Waals surface area contributed by atoms with Crippen LogP contribution in [0.25, 0.3) is 0 Å². The van der Waals surface area contributed by atoms with Crippen LogP contribution in [0.3, 0.4) is 0 Å². The summed E-state index contributed by atoms with van der Waals surface area (Å²) in [7, 11) is -2.18. The summed E-state index contributed by atoms with van der Waals surface area (Å²) < 4.78 is 61.0. The second-order valence-electron chi connectivity index (χ2n) is 3.64. The van der Waals surface area contributed by atoms with Gasteiger partial charge in [0, 0.05) is 26.2 Å². The van der Waals surface area contributed by atoms with Gasteiger partial charge in [-0.25, -0.2) is 0 Å². The van der Waals surface area contributed by atoms with Gasteiger partial charge in [0.2, 0.25) is 0 Å². The molecular formula is C7H14F3N3O2S. The Hall–Kier alpha value is -0.380. The molecule has 0 aromatic rings. The van der Waals surface area contributed by atoms with Gasteiger partial charge in [-0.2, -0.15) is 30.6 Å². The van der Waals surface area contributed by atoms with Crippen molar-refractivity contribution in [1.82, 2.24) is 13.9 Å². The van der Waals surface area contributed by atoms with Gasteiger partial charge < -0.3 is 4.90 Å². The summed E-state index contributed by atoms with van der Waals surface area (Å²) in [6.07, 6.45) is -4.53. The van der Waals surface area contributed by atoms with Crippen LogP contribution in [-0.4, -0.2) is 63.6 Å². The molecule has 1 aliphatic heterocycles. The molecule has 0 saturated carbocycles. The van der Waals surface area contributed by atoms with E-state index < -0.39 is 22.9 Å². The van der Waals surface area contributed by atoms with Crippen molar-refractivity contribution in [2.45, 2.75) is 6.18 Å². The van der Waals surface area contributed by atoms with Crippen molar-refractivity contribution >= 4 is 10.2 Å². The Morgan fingerprint density at radius 3 is 2.12 bits per heavy atom. The van der Waals surface area contributed by atoms with Gasteiger partial charge in [-0.1, -0.05) is 0 Å². The minimum Gasteiger partial charge on any atom is -0.304 e. The van der Waals surface area contributed by atoms with Gasteiger partial charge in [-0.05, 0) is 7.05 Å². The van der Waals surface area contributed by atoms with Gasteiger partial charge in [0.15, 0.2) is 0 Å². The topological polar surface area (TPSA) is 52.7 Å². The van der Waals surface area contributed by atoms with Crippen molar-refractivity contribution in [3.8, 4) is 0 Å². The van der Waals surface area contributed by atoms with Crippen LogP contribution in [0.4, 0.5) is 13.2 Å². The van der Waals surface area contributed by atoms with Gasteiger partial charge in [0.25, 0.3) is 10.2 Å². The lowest BCUT2D eigenvalue weighted by atomic mass is 10.4. The standard InChI is InChI=1S/C7H14F3N3O2S/c1-12-2-4-13(5-3-12)16(14,15)11-6-7(8,9)10/h11H,2-6H2,1H3. The van der Waals surface area contributed by atoms with Crippen molar-refractivity contribution in [1.29, 1.82) is 0 Å². The van der Waals surface area contributed by atoms with Crippen LogP contribution in [0.5, 0.6) is 0 Å². The van der Waals surface area contributed by atoms with Gasteiger partial charge >= 0.3 is 6.18 Å². The largest absolute Gasteiger partial charge is 0.402 e. The van der Waals surface area contributed by atoms with Crippen molar-refractivity contribution < 1.29 is 21.6 Å². The number of nitrogens with one attached hydrogen (secondary N) is 1. The molecule has 0 radical (unpaired) electrons. The van der Waals surface area contributed by atoms with Crippen LogP contribution < -0.4 is 4.72 Å². The van der Waals surface area contributed by atoms with Crippen molar-refractivity contribution in [2.24, 2.45) is 0 Å². The van der Waals surface area contributed by atoms with E-state index >= 15 is 0 Å². The summed E-state index contributed by atoms with van der Waals surface area (Å²) in [5.74, 6) is 0. The normalized spacial score (nSPS) is 21.2. The van der Waals surface area contributed by atoms with Crippen molar-refractivity contribution in [3.05, 3.63) is 0 Å². The Balaban J connectivity index is 2.51. The molecule has 16 heavy (non-hydrogen) atoms. The number of nitrogens with zero attached hydrogens (tertiary/aromatic N) is 2. The highest BCUT2D eigenvalue weighted by Crippen LogP contribution is 2.13. The highest BCUT2D eigenvalue weighted by Gasteiger charge is 2.32. The lowest BCUT2D eigenvalue weighted by Gasteiger charge is -2.31. The number of likely N-dealkylation sites (N-methyl/N-ethyl adjacent to an activating group) is 1. The van der Waals surface area contributed by atoms with Crippen LogP contribution >= 0.6 is 0 Å². The van der Waals surface area contributed by atoms with Crippen LogP contribution in [0.1, 0.15) is 0 Å². The molecule has 1 heterocycles. The minimum absolute atomic E-state index is 0.212. The van der Waals surface area contributed by atoms with E-state index in [-0.39, 0.29) is 13.1 Å². The molecule has 1 rings (SSSR count).